The van der Waals surface area contributed by atoms with Crippen molar-refractivity contribution in [3.05, 3.63) is 27.9 Å². The molecular weight excluding hydrogens is 262 g/mol. The van der Waals surface area contributed by atoms with Gasteiger partial charge in [0.25, 0.3) is 0 Å². The predicted octanol–water partition coefficient (Wildman–Crippen LogP) is 2.60. The number of pyridine rings is 1. The van der Waals surface area contributed by atoms with Gasteiger partial charge in [-0.1, -0.05) is 6.92 Å². The molecule has 2 N–H and O–H groups in total. The first-order valence-electron chi connectivity index (χ1n) is 6.48. The van der Waals surface area contributed by atoms with Crippen LogP contribution in [-0.4, -0.2) is 27.5 Å². The highest BCUT2D eigenvalue weighted by molar-refractivity contribution is 5.66. The minimum atomic E-state index is -0.805. The number of nitrogens with zero attached hydrogens (tertiary/aromatic N) is 2. The molecule has 0 fully saturated rings. The minimum absolute atomic E-state index is 0.0474. The molecule has 0 saturated heterocycles. The maximum Gasteiger partial charge on any atom is 0.311 e. The largest absolute Gasteiger partial charge is 0.481 e. The van der Waals surface area contributed by atoms with E-state index in [1.54, 1.807) is 13.0 Å². The van der Waals surface area contributed by atoms with Gasteiger partial charge in [0.05, 0.1) is 4.92 Å². The van der Waals surface area contributed by atoms with Gasteiger partial charge < -0.3 is 10.4 Å². The van der Waals surface area contributed by atoms with E-state index in [1.807, 2.05) is 6.92 Å². The second kappa shape index (κ2) is 7.42. The van der Waals surface area contributed by atoms with E-state index in [0.717, 1.165) is 6.42 Å². The molecule has 1 aromatic rings. The molecule has 0 aliphatic heterocycles. The topological polar surface area (TPSA) is 105 Å². The minimum Gasteiger partial charge on any atom is -0.481 e. The number of hydrogen-bond acceptors (Lipinski definition) is 5. The van der Waals surface area contributed by atoms with Gasteiger partial charge in [-0.25, -0.2) is 4.98 Å². The number of hydrogen-bond donors (Lipinski definition) is 2. The fourth-order valence-corrected chi connectivity index (χ4v) is 1.78. The number of carboxylic acid groups (broad SMARTS) is 1. The first kappa shape index (κ1) is 15.9. The van der Waals surface area contributed by atoms with Crippen LogP contribution in [0.5, 0.6) is 0 Å². The summed E-state index contributed by atoms with van der Waals surface area (Å²) in [7, 11) is 0. The Morgan fingerprint density at radius 2 is 2.20 bits per heavy atom. The molecule has 0 radical (unpaired) electrons. The van der Waals surface area contributed by atoms with Crippen molar-refractivity contribution in [2.45, 2.75) is 33.1 Å². The Labute approximate surface area is 117 Å². The predicted molar refractivity (Wildman–Crippen MR) is 74.8 cm³/mol. The van der Waals surface area contributed by atoms with Gasteiger partial charge in [0.1, 0.15) is 0 Å². The molecule has 7 nitrogen and oxygen atoms in total. The normalized spacial score (nSPS) is 11.9. The molecule has 7 heteroatoms. The smallest absolute Gasteiger partial charge is 0.311 e. The summed E-state index contributed by atoms with van der Waals surface area (Å²) < 4.78 is 0. The summed E-state index contributed by atoms with van der Waals surface area (Å²) in [6.45, 7) is 4.26. The van der Waals surface area contributed by atoms with Crippen LogP contribution >= 0.6 is 0 Å². The zero-order valence-corrected chi connectivity index (χ0v) is 11.6. The first-order valence-corrected chi connectivity index (χ1v) is 6.48. The number of rotatable bonds is 8. The number of carboxylic acids is 1. The van der Waals surface area contributed by atoms with Crippen molar-refractivity contribution < 1.29 is 14.8 Å². The summed E-state index contributed by atoms with van der Waals surface area (Å²) in [4.78, 5) is 25.0. The maximum absolute atomic E-state index is 10.9. The van der Waals surface area contributed by atoms with E-state index >= 15 is 0 Å². The van der Waals surface area contributed by atoms with Crippen molar-refractivity contribution in [2.75, 3.05) is 11.9 Å². The van der Waals surface area contributed by atoms with Crippen LogP contribution in [-0.2, 0) is 4.79 Å². The van der Waals surface area contributed by atoms with E-state index in [-0.39, 0.29) is 23.8 Å². The van der Waals surface area contributed by atoms with Crippen LogP contribution in [0.15, 0.2) is 12.1 Å². The zero-order chi connectivity index (χ0) is 15.1. The van der Waals surface area contributed by atoms with Gasteiger partial charge in [-0.3, -0.25) is 14.9 Å². The molecule has 0 aromatic carbocycles. The Bertz CT molecular complexity index is 491. The number of aryl methyl sites for hydroxylation is 1. The molecule has 1 atom stereocenters. The summed E-state index contributed by atoms with van der Waals surface area (Å²) >= 11 is 0. The molecular formula is C13H19N3O4. The third kappa shape index (κ3) is 5.21. The number of carbonyl (C=O) groups is 1. The Balaban J connectivity index is 2.51. The van der Waals surface area contributed by atoms with Crippen molar-refractivity contribution >= 4 is 17.5 Å². The number of anilines is 1. The average Bonchev–Trinajstić information content (AvgIpc) is 2.36. The summed E-state index contributed by atoms with van der Waals surface area (Å²) in [6, 6.07) is 3.03. The Morgan fingerprint density at radius 3 is 2.80 bits per heavy atom. The number of aliphatic carboxylic acids is 1. The van der Waals surface area contributed by atoms with Gasteiger partial charge in [-0.05, 0) is 31.7 Å². The van der Waals surface area contributed by atoms with E-state index in [0.29, 0.717) is 18.7 Å². The van der Waals surface area contributed by atoms with Crippen molar-refractivity contribution in [2.24, 2.45) is 5.92 Å². The summed E-state index contributed by atoms with van der Waals surface area (Å²) in [5.41, 5.74) is 0.658. The van der Waals surface area contributed by atoms with Crippen LogP contribution < -0.4 is 5.32 Å². The lowest BCUT2D eigenvalue weighted by molar-refractivity contribution is -0.384. The fourth-order valence-electron chi connectivity index (χ4n) is 1.78. The summed E-state index contributed by atoms with van der Waals surface area (Å²) in [6.07, 6.45) is 1.48. The Kier molecular flexibility index (Phi) is 5.89. The highest BCUT2D eigenvalue weighted by Crippen LogP contribution is 2.22. The molecule has 1 unspecified atom stereocenters. The summed E-state index contributed by atoms with van der Waals surface area (Å²) in [5.74, 6) is -0.302. The van der Waals surface area contributed by atoms with Gasteiger partial charge >= 0.3 is 11.7 Å². The number of aromatic nitrogens is 1. The quantitative estimate of drug-likeness (QED) is 0.560. The monoisotopic (exact) mass is 281 g/mol. The highest BCUT2D eigenvalue weighted by Gasteiger charge is 2.15. The molecule has 0 amide bonds. The van der Waals surface area contributed by atoms with Crippen LogP contribution in [0.2, 0.25) is 0 Å². The first-order chi connectivity index (χ1) is 9.40. The molecule has 1 heterocycles. The number of nitrogens with one attached hydrogen (secondary N) is 1. The van der Waals surface area contributed by atoms with E-state index in [2.05, 4.69) is 10.3 Å². The molecule has 0 spiro atoms. The highest BCUT2D eigenvalue weighted by atomic mass is 16.6. The van der Waals surface area contributed by atoms with Crippen LogP contribution in [0.4, 0.5) is 11.5 Å². The molecule has 0 saturated carbocycles. The van der Waals surface area contributed by atoms with Gasteiger partial charge in [0, 0.05) is 24.7 Å². The third-order valence-corrected chi connectivity index (χ3v) is 2.99. The molecule has 0 aliphatic carbocycles. The molecule has 110 valence electrons. The standard InChI is InChI=1S/C13H19N3O4/c1-9(3-6-12(17)18)7-8-14-13-11(16(19)20)5-4-10(2)15-13/h4-5,9H,3,6-8H2,1-2H3,(H,14,15)(H,17,18). The molecule has 1 aromatic heterocycles. The van der Waals surface area contributed by atoms with Gasteiger partial charge in [-0.2, -0.15) is 0 Å². The van der Waals surface area contributed by atoms with Crippen LogP contribution in [0.25, 0.3) is 0 Å². The fraction of sp³-hybridized carbons (Fsp3) is 0.538. The van der Waals surface area contributed by atoms with Crippen molar-refractivity contribution in [1.29, 1.82) is 0 Å². The van der Waals surface area contributed by atoms with Gasteiger partial charge in [-0.15, -0.1) is 0 Å². The molecule has 20 heavy (non-hydrogen) atoms. The lowest BCUT2D eigenvalue weighted by atomic mass is 10.0. The molecule has 1 rings (SSSR count). The maximum atomic E-state index is 10.9. The lowest BCUT2D eigenvalue weighted by Crippen LogP contribution is -2.11. The lowest BCUT2D eigenvalue weighted by Gasteiger charge is -2.11. The summed E-state index contributed by atoms with van der Waals surface area (Å²) in [5, 5.41) is 22.4. The molecule has 0 bridgehead atoms. The number of nitro groups is 1. The van der Waals surface area contributed by atoms with E-state index in [1.165, 1.54) is 6.07 Å². The average molecular weight is 281 g/mol. The van der Waals surface area contributed by atoms with Gasteiger partial charge in [0.15, 0.2) is 0 Å². The van der Waals surface area contributed by atoms with Crippen LogP contribution in [0.1, 0.15) is 31.9 Å². The Hall–Kier alpha value is -2.18. The van der Waals surface area contributed by atoms with Crippen LogP contribution in [0, 0.1) is 23.0 Å². The van der Waals surface area contributed by atoms with E-state index < -0.39 is 10.9 Å². The zero-order valence-electron chi connectivity index (χ0n) is 11.6. The SMILES string of the molecule is Cc1ccc([N+](=O)[O-])c(NCCC(C)CCC(=O)O)n1. The van der Waals surface area contributed by atoms with E-state index in [4.69, 9.17) is 5.11 Å². The van der Waals surface area contributed by atoms with Crippen molar-refractivity contribution in [1.82, 2.24) is 4.98 Å². The third-order valence-electron chi connectivity index (χ3n) is 2.99. The van der Waals surface area contributed by atoms with Gasteiger partial charge in [0.2, 0.25) is 5.82 Å². The van der Waals surface area contributed by atoms with Crippen molar-refractivity contribution in [3.8, 4) is 0 Å². The van der Waals surface area contributed by atoms with E-state index in [9.17, 15) is 14.9 Å². The van der Waals surface area contributed by atoms with Crippen molar-refractivity contribution in [3.63, 3.8) is 0 Å². The van der Waals surface area contributed by atoms with Crippen LogP contribution in [0.3, 0.4) is 0 Å². The second-order valence-electron chi connectivity index (χ2n) is 4.83. The Morgan fingerprint density at radius 1 is 1.50 bits per heavy atom. The second-order valence-corrected chi connectivity index (χ2v) is 4.83. The molecule has 0 aliphatic rings.